The summed E-state index contributed by atoms with van der Waals surface area (Å²) in [5.41, 5.74) is 2.18. The van der Waals surface area contributed by atoms with Crippen LogP contribution in [0.5, 0.6) is 0 Å². The van der Waals surface area contributed by atoms with Gasteiger partial charge in [0.2, 0.25) is 0 Å². The lowest BCUT2D eigenvalue weighted by Gasteiger charge is -2.24. The number of amides is 1. The molecule has 3 aromatic rings. The van der Waals surface area contributed by atoms with E-state index >= 15 is 0 Å². The van der Waals surface area contributed by atoms with Crippen LogP contribution in [0.1, 0.15) is 30.0 Å². The fourth-order valence-electron chi connectivity index (χ4n) is 3.00. The number of aromatic nitrogens is 2. The minimum Gasteiger partial charge on any atom is -0.331 e. The summed E-state index contributed by atoms with van der Waals surface area (Å²) in [5, 5.41) is 0.642. The molecule has 4 nitrogen and oxygen atoms in total. The van der Waals surface area contributed by atoms with Gasteiger partial charge in [0.25, 0.3) is 5.91 Å². The largest absolute Gasteiger partial charge is 0.331 e. The lowest BCUT2D eigenvalue weighted by atomic mass is 10.1. The molecule has 0 bridgehead atoms. The molecule has 0 saturated heterocycles. The number of rotatable bonds is 5. The Morgan fingerprint density at radius 1 is 1.30 bits per heavy atom. The van der Waals surface area contributed by atoms with Gasteiger partial charge in [-0.05, 0) is 58.2 Å². The number of benzene rings is 2. The first-order valence-electron chi connectivity index (χ1n) is 8.61. The van der Waals surface area contributed by atoms with E-state index in [-0.39, 0.29) is 16.3 Å². The molecule has 7 heteroatoms. The number of halogens is 3. The Balaban J connectivity index is 1.94. The van der Waals surface area contributed by atoms with Crippen molar-refractivity contribution < 1.29 is 9.18 Å². The third kappa shape index (κ3) is 4.33. The van der Waals surface area contributed by atoms with E-state index in [1.54, 1.807) is 11.0 Å². The van der Waals surface area contributed by atoms with Crippen molar-refractivity contribution in [3.63, 3.8) is 0 Å². The number of carbonyl (C=O) groups excluding carboxylic acids is 1. The number of carbonyl (C=O) groups is 1. The van der Waals surface area contributed by atoms with E-state index in [9.17, 15) is 9.18 Å². The van der Waals surface area contributed by atoms with Gasteiger partial charge in [-0.25, -0.2) is 9.37 Å². The summed E-state index contributed by atoms with van der Waals surface area (Å²) in [5.74, 6) is 0.494. The summed E-state index contributed by atoms with van der Waals surface area (Å²) in [6.07, 6.45) is 0. The van der Waals surface area contributed by atoms with Crippen molar-refractivity contribution in [2.24, 2.45) is 13.0 Å². The SMILES string of the molecule is CC(C)CN(Cc1nc2ccc(Cl)cc2n1C)C(=O)c1ccc(F)c(Br)c1. The van der Waals surface area contributed by atoms with E-state index in [1.807, 2.05) is 23.7 Å². The van der Waals surface area contributed by atoms with Crippen molar-refractivity contribution in [1.82, 2.24) is 14.5 Å². The summed E-state index contributed by atoms with van der Waals surface area (Å²) in [7, 11) is 1.91. The molecule has 1 aromatic heterocycles. The Labute approximate surface area is 171 Å². The monoisotopic (exact) mass is 451 g/mol. The van der Waals surface area contributed by atoms with Crippen LogP contribution in [-0.4, -0.2) is 26.9 Å². The molecule has 0 aliphatic rings. The van der Waals surface area contributed by atoms with E-state index in [0.717, 1.165) is 16.9 Å². The summed E-state index contributed by atoms with van der Waals surface area (Å²) >= 11 is 9.24. The molecule has 0 N–H and O–H groups in total. The average molecular weight is 453 g/mol. The van der Waals surface area contributed by atoms with Gasteiger partial charge in [0.1, 0.15) is 11.6 Å². The number of nitrogens with zero attached hydrogens (tertiary/aromatic N) is 3. The van der Waals surface area contributed by atoms with Crippen molar-refractivity contribution >= 4 is 44.5 Å². The molecule has 0 aliphatic heterocycles. The zero-order valence-corrected chi connectivity index (χ0v) is 17.7. The molecule has 0 saturated carbocycles. The summed E-state index contributed by atoms with van der Waals surface area (Å²) in [4.78, 5) is 19.4. The number of imidazole rings is 1. The van der Waals surface area contributed by atoms with Crippen LogP contribution in [0.4, 0.5) is 4.39 Å². The lowest BCUT2D eigenvalue weighted by Crippen LogP contribution is -2.34. The van der Waals surface area contributed by atoms with Gasteiger partial charge in [-0.15, -0.1) is 0 Å². The predicted octanol–water partition coefficient (Wildman–Crippen LogP) is 5.43. The average Bonchev–Trinajstić information content (AvgIpc) is 2.91. The second-order valence-corrected chi connectivity index (χ2v) is 8.22. The lowest BCUT2D eigenvalue weighted by molar-refractivity contribution is 0.0716. The fourth-order valence-corrected chi connectivity index (χ4v) is 3.54. The van der Waals surface area contributed by atoms with Crippen LogP contribution in [0.15, 0.2) is 40.9 Å². The second kappa shape index (κ2) is 7.98. The molecule has 2 aromatic carbocycles. The highest BCUT2D eigenvalue weighted by Gasteiger charge is 2.21. The van der Waals surface area contributed by atoms with E-state index in [4.69, 9.17) is 11.6 Å². The molecule has 0 unspecified atom stereocenters. The van der Waals surface area contributed by atoms with Crippen LogP contribution in [-0.2, 0) is 13.6 Å². The maximum absolute atomic E-state index is 13.5. The molecule has 0 aliphatic carbocycles. The van der Waals surface area contributed by atoms with Crippen molar-refractivity contribution in [3.05, 3.63) is 63.1 Å². The maximum atomic E-state index is 13.5. The molecule has 27 heavy (non-hydrogen) atoms. The molecular weight excluding hydrogens is 433 g/mol. The van der Waals surface area contributed by atoms with Gasteiger partial charge in [-0.2, -0.15) is 0 Å². The van der Waals surface area contributed by atoms with Gasteiger partial charge in [0.05, 0.1) is 22.1 Å². The van der Waals surface area contributed by atoms with Crippen LogP contribution in [0.2, 0.25) is 5.02 Å². The molecule has 1 heterocycles. The molecule has 1 amide bonds. The minimum absolute atomic E-state index is 0.158. The van der Waals surface area contributed by atoms with Gasteiger partial charge in [-0.1, -0.05) is 25.4 Å². The van der Waals surface area contributed by atoms with Crippen LogP contribution in [0, 0.1) is 11.7 Å². The van der Waals surface area contributed by atoms with Gasteiger partial charge < -0.3 is 9.47 Å². The Morgan fingerprint density at radius 2 is 2.04 bits per heavy atom. The van der Waals surface area contributed by atoms with Crippen LogP contribution in [0.3, 0.4) is 0 Å². The quantitative estimate of drug-likeness (QED) is 0.518. The maximum Gasteiger partial charge on any atom is 0.254 e. The highest BCUT2D eigenvalue weighted by atomic mass is 79.9. The molecular formula is C20H20BrClFN3O. The number of aryl methyl sites for hydroxylation is 1. The summed E-state index contributed by atoms with van der Waals surface area (Å²) in [6.45, 7) is 5.03. The Bertz CT molecular complexity index is 1000. The molecule has 0 spiro atoms. The van der Waals surface area contributed by atoms with Gasteiger partial charge in [0.15, 0.2) is 0 Å². The zero-order valence-electron chi connectivity index (χ0n) is 15.3. The first-order chi connectivity index (χ1) is 12.8. The number of hydrogen-bond donors (Lipinski definition) is 0. The van der Waals surface area contributed by atoms with Crippen LogP contribution >= 0.6 is 27.5 Å². The predicted molar refractivity (Wildman–Crippen MR) is 109 cm³/mol. The van der Waals surface area contributed by atoms with Crippen molar-refractivity contribution in [3.8, 4) is 0 Å². The zero-order chi connectivity index (χ0) is 19.7. The normalized spacial score (nSPS) is 11.4. The number of hydrogen-bond acceptors (Lipinski definition) is 2. The minimum atomic E-state index is -0.394. The van der Waals surface area contributed by atoms with E-state index in [2.05, 4.69) is 34.8 Å². The smallest absolute Gasteiger partial charge is 0.254 e. The second-order valence-electron chi connectivity index (χ2n) is 6.93. The van der Waals surface area contributed by atoms with E-state index in [1.165, 1.54) is 18.2 Å². The van der Waals surface area contributed by atoms with Gasteiger partial charge in [-0.3, -0.25) is 4.79 Å². The third-order valence-corrected chi connectivity index (χ3v) is 5.15. The van der Waals surface area contributed by atoms with E-state index < -0.39 is 5.82 Å². The highest BCUT2D eigenvalue weighted by molar-refractivity contribution is 9.10. The first-order valence-corrected chi connectivity index (χ1v) is 9.78. The van der Waals surface area contributed by atoms with Crippen LogP contribution in [0.25, 0.3) is 11.0 Å². The Hall–Kier alpha value is -1.92. The molecule has 0 radical (unpaired) electrons. The van der Waals surface area contributed by atoms with E-state index in [0.29, 0.717) is 23.7 Å². The fraction of sp³-hybridized carbons (Fsp3) is 0.300. The topological polar surface area (TPSA) is 38.1 Å². The summed E-state index contributed by atoms with van der Waals surface area (Å²) < 4.78 is 15.7. The first kappa shape index (κ1) is 19.8. The Kier molecular flexibility index (Phi) is 5.86. The molecule has 0 atom stereocenters. The molecule has 142 valence electrons. The number of fused-ring (bicyclic) bond motifs is 1. The molecule has 3 rings (SSSR count). The van der Waals surface area contributed by atoms with Crippen molar-refractivity contribution in [2.45, 2.75) is 20.4 Å². The van der Waals surface area contributed by atoms with Crippen LogP contribution < -0.4 is 0 Å². The Morgan fingerprint density at radius 3 is 2.70 bits per heavy atom. The third-order valence-electron chi connectivity index (χ3n) is 4.31. The molecule has 0 fully saturated rings. The van der Waals surface area contributed by atoms with Gasteiger partial charge in [0, 0.05) is 24.2 Å². The highest BCUT2D eigenvalue weighted by Crippen LogP contribution is 2.22. The standard InChI is InChI=1S/C20H20BrClFN3O/c1-12(2)10-26(20(27)13-4-6-16(23)15(21)8-13)11-19-24-17-7-5-14(22)9-18(17)25(19)3/h4-9,12H,10-11H2,1-3H3. The van der Waals surface area contributed by atoms with Crippen molar-refractivity contribution in [2.75, 3.05) is 6.54 Å². The summed E-state index contributed by atoms with van der Waals surface area (Å²) in [6, 6.07) is 9.84. The van der Waals surface area contributed by atoms with Gasteiger partial charge >= 0.3 is 0 Å². The van der Waals surface area contributed by atoms with Crippen molar-refractivity contribution in [1.29, 1.82) is 0 Å².